The lowest BCUT2D eigenvalue weighted by atomic mass is 10.0. The Hall–Kier alpha value is -0.870. The summed E-state index contributed by atoms with van der Waals surface area (Å²) in [4.78, 5) is 0. The van der Waals surface area contributed by atoms with Gasteiger partial charge < -0.3 is 10.4 Å². The van der Waals surface area contributed by atoms with Crippen LogP contribution in [0.5, 0.6) is 0 Å². The van der Waals surface area contributed by atoms with Gasteiger partial charge in [0.1, 0.15) is 0 Å². The van der Waals surface area contributed by atoms with Gasteiger partial charge in [-0.1, -0.05) is 12.8 Å². The number of nitrogens with zero attached hydrogens (tertiary/aromatic N) is 2. The molecule has 0 saturated heterocycles. The summed E-state index contributed by atoms with van der Waals surface area (Å²) in [5, 5.41) is 18.1. The molecule has 2 N–H and O–H groups in total. The van der Waals surface area contributed by atoms with E-state index in [-0.39, 0.29) is 6.04 Å². The topological polar surface area (TPSA) is 50.1 Å². The van der Waals surface area contributed by atoms with Crippen molar-refractivity contribution in [2.45, 2.75) is 51.2 Å². The van der Waals surface area contributed by atoms with Crippen molar-refractivity contribution in [3.05, 3.63) is 17.5 Å². The van der Waals surface area contributed by atoms with Crippen LogP contribution in [-0.2, 0) is 7.05 Å². The summed E-state index contributed by atoms with van der Waals surface area (Å²) < 4.78 is 1.84. The molecule has 96 valence electrons. The van der Waals surface area contributed by atoms with Gasteiger partial charge in [-0.25, -0.2) is 0 Å². The maximum atomic E-state index is 10.3. The monoisotopic (exact) mass is 237 g/mol. The van der Waals surface area contributed by atoms with Crippen molar-refractivity contribution in [2.75, 3.05) is 6.54 Å². The Morgan fingerprint density at radius 1 is 1.53 bits per heavy atom. The number of nitrogens with one attached hydrogen (secondary N) is 1. The van der Waals surface area contributed by atoms with Crippen LogP contribution in [-0.4, -0.2) is 27.0 Å². The molecule has 0 aromatic carbocycles. The first-order valence-corrected chi connectivity index (χ1v) is 6.46. The molecular weight excluding hydrogens is 214 g/mol. The third-order valence-corrected chi connectivity index (χ3v) is 3.79. The SMILES string of the molecule is Cc1nn(C)cc1C(C)NCC1(O)CCCC1. The van der Waals surface area contributed by atoms with Gasteiger partial charge in [0.2, 0.25) is 0 Å². The Labute approximate surface area is 103 Å². The molecule has 0 radical (unpaired) electrons. The summed E-state index contributed by atoms with van der Waals surface area (Å²) in [5.74, 6) is 0. The summed E-state index contributed by atoms with van der Waals surface area (Å²) in [5.41, 5.74) is 1.80. The lowest BCUT2D eigenvalue weighted by molar-refractivity contribution is 0.0453. The van der Waals surface area contributed by atoms with Crippen LogP contribution >= 0.6 is 0 Å². The summed E-state index contributed by atoms with van der Waals surface area (Å²) >= 11 is 0. The first-order chi connectivity index (χ1) is 8.00. The van der Waals surface area contributed by atoms with Gasteiger partial charge in [-0.05, 0) is 26.7 Å². The van der Waals surface area contributed by atoms with E-state index in [4.69, 9.17) is 0 Å². The molecule has 1 saturated carbocycles. The molecule has 2 rings (SSSR count). The van der Waals surface area contributed by atoms with Gasteiger partial charge in [0.25, 0.3) is 0 Å². The number of hydrogen-bond acceptors (Lipinski definition) is 3. The standard InChI is InChI=1S/C13H23N3O/c1-10(12-8-16(3)15-11(12)2)14-9-13(17)6-4-5-7-13/h8,10,14,17H,4-7,9H2,1-3H3. The molecule has 1 fully saturated rings. The van der Waals surface area contributed by atoms with Gasteiger partial charge in [0.05, 0.1) is 11.3 Å². The van der Waals surface area contributed by atoms with Crippen LogP contribution in [0.3, 0.4) is 0 Å². The van der Waals surface area contributed by atoms with Crippen LogP contribution in [0.1, 0.15) is 49.9 Å². The zero-order chi connectivity index (χ0) is 12.5. The molecule has 1 aliphatic carbocycles. The zero-order valence-corrected chi connectivity index (χ0v) is 11.0. The summed E-state index contributed by atoms with van der Waals surface area (Å²) in [6, 6.07) is 0.244. The average Bonchev–Trinajstić information content (AvgIpc) is 2.83. The predicted molar refractivity (Wildman–Crippen MR) is 67.8 cm³/mol. The Kier molecular flexibility index (Phi) is 3.54. The normalized spacial score (nSPS) is 20.7. The van der Waals surface area contributed by atoms with Crippen molar-refractivity contribution < 1.29 is 5.11 Å². The van der Waals surface area contributed by atoms with Crippen molar-refractivity contribution in [1.29, 1.82) is 0 Å². The highest BCUT2D eigenvalue weighted by Crippen LogP contribution is 2.29. The summed E-state index contributed by atoms with van der Waals surface area (Å²) in [6.45, 7) is 4.84. The van der Waals surface area contributed by atoms with Gasteiger partial charge in [-0.2, -0.15) is 5.10 Å². The smallest absolute Gasteiger partial charge is 0.0771 e. The van der Waals surface area contributed by atoms with E-state index in [2.05, 4.69) is 17.3 Å². The van der Waals surface area contributed by atoms with E-state index < -0.39 is 5.60 Å². The third-order valence-electron chi connectivity index (χ3n) is 3.79. The molecule has 0 amide bonds. The molecule has 1 atom stereocenters. The lowest BCUT2D eigenvalue weighted by Gasteiger charge is -2.25. The predicted octanol–water partition coefficient (Wildman–Crippen LogP) is 1.68. The molecule has 0 aliphatic heterocycles. The largest absolute Gasteiger partial charge is 0.389 e. The number of aromatic nitrogens is 2. The van der Waals surface area contributed by atoms with Crippen LogP contribution in [0.4, 0.5) is 0 Å². The minimum absolute atomic E-state index is 0.244. The highest BCUT2D eigenvalue weighted by molar-refractivity contribution is 5.19. The maximum Gasteiger partial charge on any atom is 0.0771 e. The fourth-order valence-corrected chi connectivity index (χ4v) is 2.71. The molecule has 1 aromatic heterocycles. The van der Waals surface area contributed by atoms with Gasteiger partial charge in [-0.3, -0.25) is 4.68 Å². The highest BCUT2D eigenvalue weighted by Gasteiger charge is 2.31. The molecule has 4 nitrogen and oxygen atoms in total. The second-order valence-electron chi connectivity index (χ2n) is 5.38. The highest BCUT2D eigenvalue weighted by atomic mass is 16.3. The maximum absolute atomic E-state index is 10.3. The lowest BCUT2D eigenvalue weighted by Crippen LogP contribution is -2.39. The molecule has 1 aromatic rings. The second kappa shape index (κ2) is 4.78. The molecular formula is C13H23N3O. The van der Waals surface area contributed by atoms with Gasteiger partial charge in [0, 0.05) is 31.4 Å². The number of aryl methyl sites for hydroxylation is 2. The number of aliphatic hydroxyl groups is 1. The van der Waals surface area contributed by atoms with E-state index in [1.807, 2.05) is 24.9 Å². The van der Waals surface area contributed by atoms with E-state index in [0.29, 0.717) is 6.54 Å². The minimum Gasteiger partial charge on any atom is -0.389 e. The Morgan fingerprint density at radius 2 is 2.18 bits per heavy atom. The quantitative estimate of drug-likeness (QED) is 0.837. The molecule has 0 bridgehead atoms. The van der Waals surface area contributed by atoms with Gasteiger partial charge in [-0.15, -0.1) is 0 Å². The van der Waals surface area contributed by atoms with Crippen LogP contribution < -0.4 is 5.32 Å². The van der Waals surface area contributed by atoms with E-state index in [9.17, 15) is 5.11 Å². The third kappa shape index (κ3) is 2.87. The zero-order valence-electron chi connectivity index (χ0n) is 11.0. The minimum atomic E-state index is -0.482. The number of rotatable bonds is 4. The van der Waals surface area contributed by atoms with E-state index in [1.165, 1.54) is 5.56 Å². The molecule has 17 heavy (non-hydrogen) atoms. The Morgan fingerprint density at radius 3 is 2.71 bits per heavy atom. The molecule has 0 spiro atoms. The van der Waals surface area contributed by atoms with Crippen molar-refractivity contribution in [1.82, 2.24) is 15.1 Å². The molecule has 1 heterocycles. The average molecular weight is 237 g/mol. The van der Waals surface area contributed by atoms with Crippen LogP contribution in [0.15, 0.2) is 6.20 Å². The molecule has 1 unspecified atom stereocenters. The Balaban J connectivity index is 1.93. The van der Waals surface area contributed by atoms with E-state index in [0.717, 1.165) is 31.4 Å². The van der Waals surface area contributed by atoms with Crippen molar-refractivity contribution in [2.24, 2.45) is 7.05 Å². The molecule has 1 aliphatic rings. The number of hydrogen-bond donors (Lipinski definition) is 2. The van der Waals surface area contributed by atoms with Crippen LogP contribution in [0.2, 0.25) is 0 Å². The first kappa shape index (κ1) is 12.6. The first-order valence-electron chi connectivity index (χ1n) is 6.46. The van der Waals surface area contributed by atoms with E-state index in [1.54, 1.807) is 0 Å². The fraction of sp³-hybridized carbons (Fsp3) is 0.769. The van der Waals surface area contributed by atoms with Gasteiger partial charge in [0.15, 0.2) is 0 Å². The van der Waals surface area contributed by atoms with Crippen molar-refractivity contribution >= 4 is 0 Å². The van der Waals surface area contributed by atoms with Crippen LogP contribution in [0, 0.1) is 6.92 Å². The fourth-order valence-electron chi connectivity index (χ4n) is 2.71. The molecule has 4 heteroatoms. The van der Waals surface area contributed by atoms with E-state index >= 15 is 0 Å². The Bertz CT molecular complexity index is 380. The van der Waals surface area contributed by atoms with Gasteiger partial charge >= 0.3 is 0 Å². The van der Waals surface area contributed by atoms with Crippen molar-refractivity contribution in [3.63, 3.8) is 0 Å². The summed E-state index contributed by atoms with van der Waals surface area (Å²) in [7, 11) is 1.94. The van der Waals surface area contributed by atoms with Crippen molar-refractivity contribution in [3.8, 4) is 0 Å². The summed E-state index contributed by atoms with van der Waals surface area (Å²) in [6.07, 6.45) is 6.21. The second-order valence-corrected chi connectivity index (χ2v) is 5.38. The van der Waals surface area contributed by atoms with Crippen LogP contribution in [0.25, 0.3) is 0 Å².